The van der Waals surface area contributed by atoms with E-state index in [0.717, 1.165) is 16.5 Å². The number of fused-ring (bicyclic) bond motifs is 1. The number of amides is 3. The molecule has 0 aliphatic heterocycles. The number of nitrogens with one attached hydrogen (secondary N) is 3. The maximum atomic E-state index is 12.4. The fourth-order valence-corrected chi connectivity index (χ4v) is 3.10. The van der Waals surface area contributed by atoms with E-state index in [4.69, 9.17) is 4.74 Å². The number of ether oxygens (including phenoxy) is 1. The zero-order valence-corrected chi connectivity index (χ0v) is 16.6. The van der Waals surface area contributed by atoms with Gasteiger partial charge in [-0.2, -0.15) is 0 Å². The van der Waals surface area contributed by atoms with Crippen LogP contribution >= 0.6 is 0 Å². The molecule has 0 unspecified atom stereocenters. The lowest BCUT2D eigenvalue weighted by atomic mass is 10.1. The van der Waals surface area contributed by atoms with Crippen molar-refractivity contribution in [2.75, 3.05) is 13.2 Å². The van der Waals surface area contributed by atoms with Crippen LogP contribution in [0.3, 0.4) is 0 Å². The van der Waals surface area contributed by atoms with Crippen LogP contribution in [0.15, 0.2) is 60.8 Å². The molecule has 0 saturated carbocycles. The second-order valence-electron chi connectivity index (χ2n) is 6.78. The van der Waals surface area contributed by atoms with E-state index in [1.165, 1.54) is 0 Å². The van der Waals surface area contributed by atoms with Crippen LogP contribution in [-0.2, 0) is 11.8 Å². The second kappa shape index (κ2) is 9.75. The minimum absolute atomic E-state index is 0.00464. The Bertz CT molecular complexity index is 969. The third-order valence-corrected chi connectivity index (χ3v) is 4.67. The number of aryl methyl sites for hydroxylation is 1. The first kappa shape index (κ1) is 20.4. The minimum Gasteiger partial charge on any atom is -0.374 e. The maximum Gasteiger partial charge on any atom is 0.333 e. The van der Waals surface area contributed by atoms with E-state index in [9.17, 15) is 9.59 Å². The van der Waals surface area contributed by atoms with E-state index >= 15 is 0 Å². The van der Waals surface area contributed by atoms with Crippen LogP contribution < -0.4 is 16.2 Å². The quantitative estimate of drug-likeness (QED) is 0.425. The first-order valence-electron chi connectivity index (χ1n) is 9.61. The predicted octanol–water partition coefficient (Wildman–Crippen LogP) is 3.29. The highest BCUT2D eigenvalue weighted by Crippen LogP contribution is 2.19. The summed E-state index contributed by atoms with van der Waals surface area (Å²) in [6.45, 7) is 2.97. The second-order valence-corrected chi connectivity index (χ2v) is 6.78. The average Bonchev–Trinajstić information content (AvgIpc) is 3.09. The van der Waals surface area contributed by atoms with Crippen LogP contribution in [0.4, 0.5) is 4.79 Å². The Balaban J connectivity index is 1.36. The SMILES string of the molecule is C[C@H](OCCCNC(=O)NNC(=O)c1cn(C)c2ccccc12)c1ccccc1. The number of benzene rings is 2. The summed E-state index contributed by atoms with van der Waals surface area (Å²) in [5.41, 5.74) is 7.40. The molecule has 152 valence electrons. The van der Waals surface area contributed by atoms with Gasteiger partial charge in [-0.15, -0.1) is 0 Å². The van der Waals surface area contributed by atoms with Crippen molar-refractivity contribution in [3.63, 3.8) is 0 Å². The molecule has 0 spiro atoms. The molecule has 0 bridgehead atoms. The molecule has 0 aliphatic carbocycles. The molecule has 3 amide bonds. The van der Waals surface area contributed by atoms with Crippen LogP contribution in [0.1, 0.15) is 35.4 Å². The summed E-state index contributed by atoms with van der Waals surface area (Å²) in [5.74, 6) is -0.364. The lowest BCUT2D eigenvalue weighted by molar-refractivity contribution is 0.0643. The molecule has 7 nitrogen and oxygen atoms in total. The normalized spacial score (nSPS) is 11.8. The van der Waals surface area contributed by atoms with Crippen molar-refractivity contribution in [1.82, 2.24) is 20.7 Å². The molecule has 29 heavy (non-hydrogen) atoms. The molecule has 2 aromatic carbocycles. The van der Waals surface area contributed by atoms with Crippen molar-refractivity contribution < 1.29 is 14.3 Å². The van der Waals surface area contributed by atoms with E-state index in [1.54, 1.807) is 6.20 Å². The van der Waals surface area contributed by atoms with Gasteiger partial charge in [0.2, 0.25) is 0 Å². The number of carbonyl (C=O) groups is 2. The van der Waals surface area contributed by atoms with Crippen molar-refractivity contribution in [2.24, 2.45) is 7.05 Å². The third-order valence-electron chi connectivity index (χ3n) is 4.67. The molecule has 0 aliphatic rings. The minimum atomic E-state index is -0.463. The number of hydrogen-bond donors (Lipinski definition) is 3. The number of aromatic nitrogens is 1. The summed E-state index contributed by atoms with van der Waals surface area (Å²) in [5, 5.41) is 3.53. The molecule has 0 saturated heterocycles. The van der Waals surface area contributed by atoms with Crippen LogP contribution in [0, 0.1) is 0 Å². The Morgan fingerprint density at radius 1 is 1.03 bits per heavy atom. The number of carbonyl (C=O) groups excluding carboxylic acids is 2. The molecule has 3 N–H and O–H groups in total. The van der Waals surface area contributed by atoms with E-state index in [0.29, 0.717) is 25.1 Å². The Morgan fingerprint density at radius 3 is 2.55 bits per heavy atom. The van der Waals surface area contributed by atoms with E-state index in [2.05, 4.69) is 16.2 Å². The largest absolute Gasteiger partial charge is 0.374 e. The number of nitrogens with zero attached hydrogens (tertiary/aromatic N) is 1. The van der Waals surface area contributed by atoms with Crippen LogP contribution in [0.5, 0.6) is 0 Å². The van der Waals surface area contributed by atoms with Gasteiger partial charge in [0.25, 0.3) is 5.91 Å². The van der Waals surface area contributed by atoms with Crippen molar-refractivity contribution in [2.45, 2.75) is 19.4 Å². The van der Waals surface area contributed by atoms with Crippen molar-refractivity contribution in [3.8, 4) is 0 Å². The summed E-state index contributed by atoms with van der Waals surface area (Å²) in [7, 11) is 1.87. The average molecular weight is 394 g/mol. The molecule has 0 fully saturated rings. The molecule has 1 aromatic heterocycles. The van der Waals surface area contributed by atoms with Gasteiger partial charge in [-0.3, -0.25) is 10.2 Å². The lowest BCUT2D eigenvalue weighted by Crippen LogP contribution is -2.47. The van der Waals surface area contributed by atoms with E-state index in [-0.39, 0.29) is 12.0 Å². The molecule has 3 aromatic rings. The van der Waals surface area contributed by atoms with Gasteiger partial charge in [0.05, 0.1) is 11.7 Å². The summed E-state index contributed by atoms with van der Waals surface area (Å²) in [6, 6.07) is 17.1. The first-order valence-corrected chi connectivity index (χ1v) is 9.61. The maximum absolute atomic E-state index is 12.4. The Labute approximate surface area is 170 Å². The molecule has 1 heterocycles. The van der Waals surface area contributed by atoms with Crippen molar-refractivity contribution >= 4 is 22.8 Å². The summed E-state index contributed by atoms with van der Waals surface area (Å²) in [6.07, 6.45) is 2.41. The first-order chi connectivity index (χ1) is 14.1. The Hall–Kier alpha value is -3.32. The predicted molar refractivity (Wildman–Crippen MR) is 112 cm³/mol. The van der Waals surface area contributed by atoms with E-state index in [1.807, 2.05) is 73.1 Å². The number of rotatable bonds is 7. The highest BCUT2D eigenvalue weighted by Gasteiger charge is 2.14. The lowest BCUT2D eigenvalue weighted by Gasteiger charge is -2.13. The number of urea groups is 1. The molecule has 1 atom stereocenters. The van der Waals surface area contributed by atoms with Gasteiger partial charge in [0, 0.05) is 37.3 Å². The molecule has 0 radical (unpaired) electrons. The van der Waals surface area contributed by atoms with Gasteiger partial charge in [-0.25, -0.2) is 10.2 Å². The number of hydrogen-bond acceptors (Lipinski definition) is 3. The standard InChI is InChI=1S/C22H26N4O3/c1-16(17-9-4-3-5-10-17)29-14-8-13-23-22(28)25-24-21(27)19-15-26(2)20-12-7-6-11-18(19)20/h3-7,9-12,15-16H,8,13-14H2,1-2H3,(H,24,27)(H2,23,25,28)/t16-/m0/s1. The van der Waals surface area contributed by atoms with Gasteiger partial charge in [0.15, 0.2) is 0 Å². The molecule has 7 heteroatoms. The van der Waals surface area contributed by atoms with Gasteiger partial charge < -0.3 is 14.6 Å². The Kier molecular flexibility index (Phi) is 6.86. The summed E-state index contributed by atoms with van der Waals surface area (Å²) >= 11 is 0. The van der Waals surface area contributed by atoms with Gasteiger partial charge in [-0.1, -0.05) is 48.5 Å². The topological polar surface area (TPSA) is 84.4 Å². The van der Waals surface area contributed by atoms with Crippen molar-refractivity contribution in [1.29, 1.82) is 0 Å². The third kappa shape index (κ3) is 5.36. The highest BCUT2D eigenvalue weighted by atomic mass is 16.5. The molecular formula is C22H26N4O3. The van der Waals surface area contributed by atoms with Gasteiger partial charge >= 0.3 is 6.03 Å². The van der Waals surface area contributed by atoms with Crippen LogP contribution in [0.25, 0.3) is 10.9 Å². The molecule has 3 rings (SSSR count). The fourth-order valence-electron chi connectivity index (χ4n) is 3.10. The Morgan fingerprint density at radius 2 is 1.76 bits per heavy atom. The monoisotopic (exact) mass is 394 g/mol. The van der Waals surface area contributed by atoms with Crippen LogP contribution in [0.2, 0.25) is 0 Å². The zero-order valence-electron chi connectivity index (χ0n) is 16.6. The van der Waals surface area contributed by atoms with Gasteiger partial charge in [0.1, 0.15) is 0 Å². The van der Waals surface area contributed by atoms with Crippen molar-refractivity contribution in [3.05, 3.63) is 71.9 Å². The van der Waals surface area contributed by atoms with Crippen LogP contribution in [-0.4, -0.2) is 29.7 Å². The van der Waals surface area contributed by atoms with Gasteiger partial charge in [-0.05, 0) is 25.0 Å². The van der Waals surface area contributed by atoms with E-state index < -0.39 is 6.03 Å². The number of para-hydroxylation sites is 1. The smallest absolute Gasteiger partial charge is 0.333 e. The zero-order chi connectivity index (χ0) is 20.6. The summed E-state index contributed by atoms with van der Waals surface area (Å²) < 4.78 is 7.64. The number of hydrazine groups is 1. The molecular weight excluding hydrogens is 368 g/mol. The summed E-state index contributed by atoms with van der Waals surface area (Å²) in [4.78, 5) is 24.3. The highest BCUT2D eigenvalue weighted by molar-refractivity contribution is 6.07. The fraction of sp³-hybridized carbons (Fsp3) is 0.273.